The van der Waals surface area contributed by atoms with Crippen LogP contribution in [0.3, 0.4) is 0 Å². The van der Waals surface area contributed by atoms with Gasteiger partial charge in [-0.15, -0.1) is 0 Å². The Bertz CT molecular complexity index is 1000. The van der Waals surface area contributed by atoms with Crippen LogP contribution in [0.5, 0.6) is 5.75 Å². The first kappa shape index (κ1) is 21.2. The zero-order valence-corrected chi connectivity index (χ0v) is 18.7. The number of nitrogens with zero attached hydrogens (tertiary/aromatic N) is 2. The van der Waals surface area contributed by atoms with Crippen LogP contribution in [-0.2, 0) is 9.59 Å². The summed E-state index contributed by atoms with van der Waals surface area (Å²) in [6.07, 6.45) is 1.06. The van der Waals surface area contributed by atoms with Crippen LogP contribution in [0, 0.1) is 11.8 Å². The molecule has 2 aliphatic heterocycles. The number of anilines is 1. The third-order valence-electron chi connectivity index (χ3n) is 5.78. The predicted octanol–water partition coefficient (Wildman–Crippen LogP) is 4.74. The van der Waals surface area contributed by atoms with E-state index in [-0.39, 0.29) is 17.9 Å². The van der Waals surface area contributed by atoms with E-state index in [9.17, 15) is 9.59 Å². The zero-order chi connectivity index (χ0) is 22.1. The highest BCUT2D eigenvalue weighted by Crippen LogP contribution is 2.40. The quantitative estimate of drug-likeness (QED) is 0.659. The maximum atomic E-state index is 13.8. The van der Waals surface area contributed by atoms with Gasteiger partial charge in [-0.2, -0.15) is 0 Å². The van der Waals surface area contributed by atoms with E-state index in [0.29, 0.717) is 34.5 Å². The van der Waals surface area contributed by atoms with Crippen LogP contribution in [0.2, 0.25) is 0 Å². The molecular weight excluding hydrogens is 388 g/mol. The molecule has 5 heteroatoms. The summed E-state index contributed by atoms with van der Waals surface area (Å²) in [7, 11) is 0. The van der Waals surface area contributed by atoms with Gasteiger partial charge in [-0.05, 0) is 49.8 Å². The third kappa shape index (κ3) is 4.09. The minimum absolute atomic E-state index is 0.0706. The minimum Gasteiger partial charge on any atom is -0.489 e. The molecule has 0 N–H and O–H groups in total. The molecule has 0 saturated carbocycles. The van der Waals surface area contributed by atoms with Gasteiger partial charge in [-0.3, -0.25) is 9.59 Å². The van der Waals surface area contributed by atoms with Gasteiger partial charge in [0.1, 0.15) is 11.4 Å². The summed E-state index contributed by atoms with van der Waals surface area (Å²) in [5, 5.41) is 0. The topological polar surface area (TPSA) is 49.9 Å². The summed E-state index contributed by atoms with van der Waals surface area (Å²) in [5.41, 5.74) is 2.25. The van der Waals surface area contributed by atoms with Crippen molar-refractivity contribution in [1.82, 2.24) is 4.90 Å². The van der Waals surface area contributed by atoms with E-state index in [2.05, 4.69) is 18.7 Å². The monoisotopic (exact) mass is 418 g/mol. The molecule has 1 fully saturated rings. The van der Waals surface area contributed by atoms with Crippen molar-refractivity contribution in [2.45, 2.75) is 40.2 Å². The predicted molar refractivity (Wildman–Crippen MR) is 123 cm³/mol. The van der Waals surface area contributed by atoms with Crippen molar-refractivity contribution >= 4 is 23.1 Å². The second kappa shape index (κ2) is 8.58. The first-order chi connectivity index (χ1) is 14.9. The van der Waals surface area contributed by atoms with Crippen LogP contribution in [0.15, 0.2) is 60.3 Å². The number of hydrogen-bond donors (Lipinski definition) is 0. The fraction of sp³-hybridized carbons (Fsp3) is 0.385. The molecule has 0 spiro atoms. The lowest BCUT2D eigenvalue weighted by molar-refractivity contribution is -0.121. The van der Waals surface area contributed by atoms with Gasteiger partial charge in [-0.1, -0.05) is 56.3 Å². The molecule has 2 atom stereocenters. The van der Waals surface area contributed by atoms with Crippen molar-refractivity contribution in [2.24, 2.45) is 11.8 Å². The summed E-state index contributed by atoms with van der Waals surface area (Å²) in [6.45, 7) is 9.81. The Balaban J connectivity index is 1.82. The Hall–Kier alpha value is -3.08. The Morgan fingerprint density at radius 2 is 1.48 bits per heavy atom. The molecule has 2 unspecified atom stereocenters. The zero-order valence-electron chi connectivity index (χ0n) is 18.7. The molecular formula is C26H30N2O3. The first-order valence-electron chi connectivity index (χ1n) is 11.1. The van der Waals surface area contributed by atoms with E-state index in [0.717, 1.165) is 25.1 Å². The molecule has 1 saturated heterocycles. The number of imide groups is 1. The summed E-state index contributed by atoms with van der Waals surface area (Å²) < 4.78 is 5.93. The van der Waals surface area contributed by atoms with Crippen LogP contribution in [0.4, 0.5) is 5.69 Å². The largest absolute Gasteiger partial charge is 0.489 e. The van der Waals surface area contributed by atoms with E-state index in [1.165, 1.54) is 4.90 Å². The number of amides is 2. The van der Waals surface area contributed by atoms with Crippen molar-refractivity contribution < 1.29 is 14.3 Å². The van der Waals surface area contributed by atoms with Crippen LogP contribution in [0.25, 0.3) is 5.57 Å². The maximum Gasteiger partial charge on any atom is 0.282 e. The standard InChI is InChI=1S/C26H30N2O3/c1-17(2)31-22-13-9-8-12-21(22)28-25(29)23(20-10-6-5-7-11-20)24(26(28)30)27-15-18(3)14-19(4)16-27/h5-13,17-19H,14-16H2,1-4H3. The molecule has 5 nitrogen and oxygen atoms in total. The molecule has 0 aliphatic carbocycles. The highest BCUT2D eigenvalue weighted by Gasteiger charge is 2.44. The van der Waals surface area contributed by atoms with E-state index < -0.39 is 0 Å². The Morgan fingerprint density at radius 3 is 2.13 bits per heavy atom. The van der Waals surface area contributed by atoms with Crippen LogP contribution in [0.1, 0.15) is 39.7 Å². The van der Waals surface area contributed by atoms with Crippen molar-refractivity contribution in [3.05, 3.63) is 65.9 Å². The van der Waals surface area contributed by atoms with Crippen LogP contribution in [-0.4, -0.2) is 35.9 Å². The maximum absolute atomic E-state index is 13.8. The van der Waals surface area contributed by atoms with Crippen molar-refractivity contribution in [3.8, 4) is 5.75 Å². The number of hydrogen-bond acceptors (Lipinski definition) is 4. The fourth-order valence-electron chi connectivity index (χ4n) is 4.74. The number of piperidine rings is 1. The van der Waals surface area contributed by atoms with E-state index in [1.807, 2.05) is 56.3 Å². The van der Waals surface area contributed by atoms with Gasteiger partial charge >= 0.3 is 0 Å². The number of rotatable bonds is 5. The van der Waals surface area contributed by atoms with Crippen molar-refractivity contribution in [2.75, 3.05) is 18.0 Å². The Morgan fingerprint density at radius 1 is 0.871 bits per heavy atom. The molecule has 2 heterocycles. The van der Waals surface area contributed by atoms with Gasteiger partial charge in [0.25, 0.3) is 11.8 Å². The molecule has 0 bridgehead atoms. The molecule has 0 aromatic heterocycles. The van der Waals surface area contributed by atoms with Gasteiger partial charge in [-0.25, -0.2) is 4.90 Å². The Kier molecular flexibility index (Phi) is 5.86. The number of ether oxygens (including phenoxy) is 1. The summed E-state index contributed by atoms with van der Waals surface area (Å²) in [4.78, 5) is 30.9. The molecule has 2 aliphatic rings. The lowest BCUT2D eigenvalue weighted by atomic mass is 9.91. The molecule has 162 valence electrons. The lowest BCUT2D eigenvalue weighted by Gasteiger charge is -2.37. The second-order valence-electron chi connectivity index (χ2n) is 9.02. The number of carbonyl (C=O) groups excluding carboxylic acids is 2. The molecule has 0 radical (unpaired) electrons. The van der Waals surface area contributed by atoms with Crippen molar-refractivity contribution in [3.63, 3.8) is 0 Å². The summed E-state index contributed by atoms with van der Waals surface area (Å²) in [5.74, 6) is 0.888. The number of benzene rings is 2. The minimum atomic E-state index is -0.295. The van der Waals surface area contributed by atoms with E-state index in [1.54, 1.807) is 12.1 Å². The average molecular weight is 419 g/mol. The highest BCUT2D eigenvalue weighted by molar-refractivity contribution is 6.45. The molecule has 4 rings (SSSR count). The summed E-state index contributed by atoms with van der Waals surface area (Å²) in [6, 6.07) is 16.8. The molecule has 2 aromatic carbocycles. The van der Waals surface area contributed by atoms with Gasteiger partial charge in [0.05, 0.1) is 17.4 Å². The van der Waals surface area contributed by atoms with E-state index >= 15 is 0 Å². The third-order valence-corrected chi connectivity index (χ3v) is 5.78. The van der Waals surface area contributed by atoms with Crippen LogP contribution >= 0.6 is 0 Å². The molecule has 2 amide bonds. The van der Waals surface area contributed by atoms with Gasteiger partial charge in [0, 0.05) is 13.1 Å². The average Bonchev–Trinajstić information content (AvgIpc) is 2.98. The number of likely N-dealkylation sites (tertiary alicyclic amines) is 1. The van der Waals surface area contributed by atoms with Crippen LogP contribution < -0.4 is 9.64 Å². The number of carbonyl (C=O) groups is 2. The molecule has 31 heavy (non-hydrogen) atoms. The lowest BCUT2D eigenvalue weighted by Crippen LogP contribution is -2.42. The van der Waals surface area contributed by atoms with Gasteiger partial charge in [0.2, 0.25) is 0 Å². The second-order valence-corrected chi connectivity index (χ2v) is 9.02. The SMILES string of the molecule is CC1CC(C)CN(C2=C(c3ccccc3)C(=O)N(c3ccccc3OC(C)C)C2=O)C1. The van der Waals surface area contributed by atoms with Gasteiger partial charge in [0.15, 0.2) is 0 Å². The van der Waals surface area contributed by atoms with Gasteiger partial charge < -0.3 is 9.64 Å². The first-order valence-corrected chi connectivity index (χ1v) is 11.1. The molecule has 2 aromatic rings. The summed E-state index contributed by atoms with van der Waals surface area (Å²) >= 11 is 0. The highest BCUT2D eigenvalue weighted by atomic mass is 16.5. The fourth-order valence-corrected chi connectivity index (χ4v) is 4.74. The Labute approximate surface area is 184 Å². The van der Waals surface area contributed by atoms with E-state index in [4.69, 9.17) is 4.74 Å². The van der Waals surface area contributed by atoms with Crippen molar-refractivity contribution in [1.29, 1.82) is 0 Å². The number of para-hydroxylation sites is 2. The normalized spacial score (nSPS) is 22.0. The smallest absolute Gasteiger partial charge is 0.282 e.